The molecule has 2 aromatic rings. The number of hydrogen-bond acceptors (Lipinski definition) is 22. The monoisotopic (exact) mass is 1640 g/mol. The van der Waals surface area contributed by atoms with Crippen molar-refractivity contribution in [3.8, 4) is 11.1 Å². The molecule has 1 fully saturated rings. The highest BCUT2D eigenvalue weighted by Gasteiger charge is 2.43. The maximum absolute atomic E-state index is 14.9. The van der Waals surface area contributed by atoms with Crippen LogP contribution in [0.1, 0.15) is 219 Å². The second-order valence-electron chi connectivity index (χ2n) is 33.8. The second-order valence-corrected chi connectivity index (χ2v) is 33.8. The van der Waals surface area contributed by atoms with Gasteiger partial charge in [-0.3, -0.25) is 67.1 Å². The van der Waals surface area contributed by atoms with Gasteiger partial charge < -0.3 is 86.7 Å². The lowest BCUT2D eigenvalue weighted by Crippen LogP contribution is -2.64. The number of alkyl carbamates (subject to hydrolysis) is 1. The number of rotatable bonds is 46. The van der Waals surface area contributed by atoms with Crippen LogP contribution in [-0.4, -0.2) is 204 Å². The predicted molar refractivity (Wildman–Crippen MR) is 434 cm³/mol. The fourth-order valence-corrected chi connectivity index (χ4v) is 13.3. The Morgan fingerprint density at radius 2 is 0.957 bits per heavy atom. The van der Waals surface area contributed by atoms with Crippen LogP contribution < -0.4 is 53.2 Å². The molecule has 11 atom stereocenters. The first-order valence-corrected chi connectivity index (χ1v) is 40.0. The van der Waals surface area contributed by atoms with E-state index >= 15 is 0 Å². The van der Waals surface area contributed by atoms with Crippen molar-refractivity contribution in [1.29, 1.82) is 0 Å². The van der Waals surface area contributed by atoms with Crippen LogP contribution in [0.15, 0.2) is 85.1 Å². The van der Waals surface area contributed by atoms with Gasteiger partial charge in [0.05, 0.1) is 35.4 Å². The molecule has 0 saturated heterocycles. The second kappa shape index (κ2) is 46.0. The van der Waals surface area contributed by atoms with Gasteiger partial charge in [-0.1, -0.05) is 122 Å². The number of benzene rings is 2. The summed E-state index contributed by atoms with van der Waals surface area (Å²) in [7, 11) is 0. The number of allylic oxidation sites excluding steroid dienone is 2. The summed E-state index contributed by atoms with van der Waals surface area (Å²) in [4.78, 5) is 210. The van der Waals surface area contributed by atoms with E-state index in [2.05, 4.69) is 66.3 Å². The number of amides is 9. The number of carboxylic acid groups (broad SMARTS) is 1. The van der Waals surface area contributed by atoms with Gasteiger partial charge in [-0.25, -0.2) is 4.79 Å². The number of nitrogens with one attached hydrogen (secondary N) is 10. The van der Waals surface area contributed by atoms with Crippen molar-refractivity contribution < 1.29 is 105 Å². The first kappa shape index (κ1) is 99.0. The Morgan fingerprint density at radius 1 is 0.513 bits per heavy atom. The van der Waals surface area contributed by atoms with Crippen molar-refractivity contribution in [1.82, 2.24) is 53.2 Å². The zero-order chi connectivity index (χ0) is 88.0. The van der Waals surface area contributed by atoms with Crippen LogP contribution in [0, 0.1) is 17.3 Å². The van der Waals surface area contributed by atoms with Crippen LogP contribution in [0.3, 0.4) is 0 Å². The molecule has 4 rings (SSSR count). The first-order chi connectivity index (χ1) is 54.6. The first-order valence-electron chi connectivity index (χ1n) is 40.0. The smallest absolute Gasteiger partial charge is 0.407 e. The molecule has 0 bridgehead atoms. The Hall–Kier alpha value is -10.4. The minimum Gasteiger partial charge on any atom is -0.480 e. The number of unbranched alkanes of at least 4 members (excludes halogenated alkanes) is 1. The van der Waals surface area contributed by atoms with Crippen molar-refractivity contribution in [2.45, 2.75) is 285 Å². The molecule has 117 heavy (non-hydrogen) atoms. The van der Waals surface area contributed by atoms with E-state index < -0.39 is 205 Å². The Balaban J connectivity index is 1.71. The number of ketones is 2. The lowest BCUT2D eigenvalue weighted by Gasteiger charge is -2.35. The summed E-state index contributed by atoms with van der Waals surface area (Å²) in [5, 5.41) is 35.5. The average Bonchev–Trinajstić information content (AvgIpc) is 1.63. The number of hydrogen-bond donors (Lipinski definition) is 11. The molecular weight excluding hydrogens is 1510 g/mol. The number of fused-ring (bicyclic) bond motifs is 3. The third kappa shape index (κ3) is 34.0. The molecule has 9 amide bonds. The largest absolute Gasteiger partial charge is 0.480 e. The summed E-state index contributed by atoms with van der Waals surface area (Å²) in [5.41, 5.74) is 0.934. The molecule has 0 spiro atoms. The van der Waals surface area contributed by atoms with Gasteiger partial charge in [-0.05, 0) is 161 Å². The molecule has 648 valence electrons. The molecule has 2 aliphatic carbocycles. The minimum atomic E-state index is -1.94. The van der Waals surface area contributed by atoms with Crippen LogP contribution in [0.25, 0.3) is 11.1 Å². The topological polar surface area (TPSA) is 452 Å². The summed E-state index contributed by atoms with van der Waals surface area (Å²) >= 11 is 0. The van der Waals surface area contributed by atoms with Gasteiger partial charge in [-0.2, -0.15) is 0 Å². The lowest BCUT2D eigenvalue weighted by atomic mass is 9.73. The van der Waals surface area contributed by atoms with Gasteiger partial charge in [-0.15, -0.1) is 0 Å². The maximum atomic E-state index is 14.9. The highest BCUT2D eigenvalue weighted by atomic mass is 16.6. The molecule has 2 aromatic carbocycles. The number of ether oxygens (including phenoxy) is 6. The minimum absolute atomic E-state index is 0.0631. The molecule has 0 heterocycles. The third-order valence-corrected chi connectivity index (χ3v) is 18.8. The van der Waals surface area contributed by atoms with E-state index in [-0.39, 0.29) is 87.4 Å². The van der Waals surface area contributed by atoms with Crippen LogP contribution in [0.4, 0.5) is 4.79 Å². The Labute approximate surface area is 686 Å². The number of carbonyl (C=O) groups is 15. The number of carbonyl (C=O) groups excluding carboxylic acids is 14. The maximum Gasteiger partial charge on any atom is 0.407 e. The number of aliphatic carboxylic acids is 1. The van der Waals surface area contributed by atoms with Gasteiger partial charge in [0.2, 0.25) is 47.3 Å². The Morgan fingerprint density at radius 3 is 1.43 bits per heavy atom. The van der Waals surface area contributed by atoms with Crippen molar-refractivity contribution in [2.75, 3.05) is 32.9 Å². The lowest BCUT2D eigenvalue weighted by molar-refractivity contribution is -0.157. The van der Waals surface area contributed by atoms with E-state index in [0.29, 0.717) is 18.5 Å². The Kier molecular flexibility index (Phi) is 38.9. The van der Waals surface area contributed by atoms with Crippen molar-refractivity contribution >= 4 is 88.8 Å². The highest BCUT2D eigenvalue weighted by Crippen LogP contribution is 2.45. The standard InChI is InChI=1S/C85H126N10O22/c1-21-40-112-66(100)37-35-59(90-75(105)58(34-28-29-39-86-61(42-48(4)5)69-63(96)44-85(19,20)45-64(69)97)92-81(111)114-47-57-55-32-26-24-30-53(55)54-31-25-27-33-56(54)57)74(104)88-50(7)73(103)89-60(36-38-67(101)113-41-22-2)76(106)91-62(43-68(102)117-84(16,17)18)77(107)93-70(49(6)23-3)79(109)95-72(52(9)116-83(13,14)15)80(110)94-71(51(8)115-82(10,11)12)78(108)87-46-65(98)99/h21-22,24-27,30-33,48-52,57-60,62,70-72,86H,1-2,23,28-29,34-47H2,3-20H3,(H,87,108)(H,88,104)(H,89,103)(H,90,105)(H,91,106)(H,92,111)(H,93,107)(H,94,110)(H,95,109)(H,98,99)/t49-,50+,51-,52?,58+,59?,60?,62+,70?,71?,72+/m1/s1. The van der Waals surface area contributed by atoms with Crippen LogP contribution >= 0.6 is 0 Å². The third-order valence-electron chi connectivity index (χ3n) is 18.8. The zero-order valence-corrected chi connectivity index (χ0v) is 71.2. The summed E-state index contributed by atoms with van der Waals surface area (Å²) in [5.74, 6) is -14.0. The van der Waals surface area contributed by atoms with Crippen LogP contribution in [0.2, 0.25) is 0 Å². The summed E-state index contributed by atoms with van der Waals surface area (Å²) in [6.07, 6.45) is -2.13. The van der Waals surface area contributed by atoms with Gasteiger partial charge >= 0.3 is 30.0 Å². The zero-order valence-electron chi connectivity index (χ0n) is 71.2. The fraction of sp³-hybridized carbons (Fsp3) is 0.612. The molecule has 2 aliphatic rings. The summed E-state index contributed by atoms with van der Waals surface area (Å²) < 4.78 is 34.0. The molecule has 0 radical (unpaired) electrons. The average molecular weight is 1640 g/mol. The van der Waals surface area contributed by atoms with Gasteiger partial charge in [0.1, 0.15) is 80.3 Å². The van der Waals surface area contributed by atoms with E-state index in [1.165, 1.54) is 53.7 Å². The molecule has 32 heteroatoms. The number of Topliss-reactive ketones (excluding diaryl/α,β-unsaturated/α-hetero) is 2. The summed E-state index contributed by atoms with van der Waals surface area (Å²) in [6.45, 7) is 35.7. The van der Waals surface area contributed by atoms with Crippen molar-refractivity contribution in [3.05, 3.63) is 96.2 Å². The van der Waals surface area contributed by atoms with Gasteiger partial charge in [0.25, 0.3) is 0 Å². The summed E-state index contributed by atoms with van der Waals surface area (Å²) in [6, 6.07) is 2.14. The van der Waals surface area contributed by atoms with Crippen molar-refractivity contribution in [3.63, 3.8) is 0 Å². The Bertz CT molecular complexity index is 3840. The number of carboxylic acids is 1. The fourth-order valence-electron chi connectivity index (χ4n) is 13.3. The normalized spacial score (nSPS) is 16.1. The molecule has 0 aromatic heterocycles. The molecule has 0 aliphatic heterocycles. The highest BCUT2D eigenvalue weighted by molar-refractivity contribution is 6.22. The molecule has 1 saturated carbocycles. The predicted octanol–water partition coefficient (Wildman–Crippen LogP) is 6.73. The van der Waals surface area contributed by atoms with Crippen LogP contribution in [0.5, 0.6) is 0 Å². The van der Waals surface area contributed by atoms with Crippen LogP contribution in [-0.2, 0) is 95.5 Å². The number of esters is 3. The quantitative estimate of drug-likeness (QED) is 0.00817. The van der Waals surface area contributed by atoms with Gasteiger partial charge in [0.15, 0.2) is 11.6 Å². The van der Waals surface area contributed by atoms with E-state index in [4.69, 9.17) is 28.4 Å². The molecule has 5 unspecified atom stereocenters. The van der Waals surface area contributed by atoms with Gasteiger partial charge in [0, 0.05) is 43.8 Å². The van der Waals surface area contributed by atoms with E-state index in [9.17, 15) is 77.0 Å². The SMILES string of the molecule is C=CCOC(=O)CCC(NC(=O)[C@H](C)NC(=O)C(CCC(=O)OCC=C)NC(=O)[C@H](CCCCNC(CC(C)C)=C1C(=O)CC(C)(C)CC1=O)NC(=O)OCC1c2ccccc2-c2ccccc21)C(=O)N[C@@H](CC(=O)OC(C)(C)C)C(=O)NC(C(=O)N[C@H](C(=O)NC(C(=O)NCC(=O)O)[C@@H](C)OC(C)(C)C)C(C)OC(C)(C)C)[C@H](C)CC. The van der Waals surface area contributed by atoms with E-state index in [1.54, 1.807) is 55.4 Å². The molecule has 11 N–H and O–H groups in total. The molecular formula is C85H126N10O22. The van der Waals surface area contributed by atoms with Crippen molar-refractivity contribution in [2.24, 2.45) is 17.3 Å². The van der Waals surface area contributed by atoms with E-state index in [1.807, 2.05) is 76.2 Å². The molecule has 32 nitrogen and oxygen atoms in total. The van der Waals surface area contributed by atoms with E-state index in [0.717, 1.165) is 22.3 Å².